The number of carboxylic acids is 1. The number of carboxylic acid groups (broad SMARTS) is 1. The zero-order chi connectivity index (χ0) is 17.2. The van der Waals surface area contributed by atoms with Crippen LogP contribution in [0.3, 0.4) is 0 Å². The van der Waals surface area contributed by atoms with E-state index < -0.39 is 11.3 Å². The zero-order valence-corrected chi connectivity index (χ0v) is 17.3. The molecular formula is C14H17FmN3O4PS-. The van der Waals surface area contributed by atoms with Crippen LogP contribution in [0.15, 0.2) is 24.4 Å². The number of aliphatic carboxylic acids is 1. The van der Waals surface area contributed by atoms with Crippen molar-refractivity contribution in [3.8, 4) is 6.01 Å². The van der Waals surface area contributed by atoms with Crippen LogP contribution >= 0.6 is 21.0 Å². The average Bonchev–Trinajstić information content (AvgIpc) is 2.53. The molecule has 0 aliphatic rings. The Balaban J connectivity index is 0.000000468. The summed E-state index contributed by atoms with van der Waals surface area (Å²) in [6.07, 6.45) is 5.18. The molecule has 24 heavy (non-hydrogen) atoms. The third-order valence-corrected chi connectivity index (χ3v) is 3.53. The number of nitrogens with zero attached hydrogens (tertiary/aromatic N) is 2. The van der Waals surface area contributed by atoms with Gasteiger partial charge in [-0.05, 0) is 25.3 Å². The van der Waals surface area contributed by atoms with E-state index in [0.29, 0.717) is 12.4 Å². The molecule has 0 aliphatic carbocycles. The quantitative estimate of drug-likeness (QED) is 0.222. The SMILES string of the molecule is CSC(N[C-]=O)C(=O)O.Cc1ccc2nc(OCP)ncc2c1.[Fm]. The first-order chi connectivity index (χ1) is 11.0. The molecule has 0 saturated carbocycles. The molecule has 2 unspecified atom stereocenters. The van der Waals surface area contributed by atoms with Crippen molar-refractivity contribution in [2.45, 2.75) is 12.3 Å². The molecule has 0 aliphatic heterocycles. The van der Waals surface area contributed by atoms with E-state index in [0.717, 1.165) is 22.7 Å². The van der Waals surface area contributed by atoms with Crippen molar-refractivity contribution in [2.75, 3.05) is 12.6 Å². The molecule has 10 heteroatoms. The normalized spacial score (nSPS) is 10.6. The molecule has 2 atom stereocenters. The van der Waals surface area contributed by atoms with Crippen LogP contribution in [0.25, 0.3) is 10.9 Å². The van der Waals surface area contributed by atoms with E-state index in [9.17, 15) is 9.59 Å². The fraction of sp³-hybridized carbons (Fsp3) is 0.286. The summed E-state index contributed by atoms with van der Waals surface area (Å²) in [5, 5.41) is 10.4. The number of carbonyl (C=O) groups excluding carboxylic acids is 1. The summed E-state index contributed by atoms with van der Waals surface area (Å²) in [5.74, 6) is -1.06. The van der Waals surface area contributed by atoms with Crippen LogP contribution in [0.4, 0.5) is 0 Å². The van der Waals surface area contributed by atoms with Gasteiger partial charge in [-0.15, -0.1) is 11.8 Å². The number of nitrogens with one attached hydrogen (secondary N) is 1. The summed E-state index contributed by atoms with van der Waals surface area (Å²) in [7, 11) is 2.47. The Bertz CT molecular complexity index is 678. The Hall–Kier alpha value is -2.92. The molecule has 0 spiro atoms. The first kappa shape index (κ1) is 21.1. The number of benzene rings is 1. The van der Waals surface area contributed by atoms with E-state index in [-0.39, 0.29) is 0 Å². The maximum absolute atomic E-state index is 10.1. The van der Waals surface area contributed by atoms with Crippen LogP contribution in [-0.2, 0) is 9.59 Å². The van der Waals surface area contributed by atoms with Gasteiger partial charge in [-0.3, -0.25) is 0 Å². The number of carbonyl (C=O) groups is 1. The van der Waals surface area contributed by atoms with Crippen LogP contribution in [0.2, 0.25) is 0 Å². The smallest absolute Gasteiger partial charge is 0.334 e. The van der Waals surface area contributed by atoms with Gasteiger partial charge in [-0.1, -0.05) is 20.9 Å². The van der Waals surface area contributed by atoms with Crippen molar-refractivity contribution in [3.63, 3.8) is 0 Å². The molecule has 0 fully saturated rings. The summed E-state index contributed by atoms with van der Waals surface area (Å²) in [6.45, 7) is 2.05. The van der Waals surface area contributed by atoms with Gasteiger partial charge in [-0.25, -0.2) is 9.78 Å². The number of aromatic nitrogens is 2. The van der Waals surface area contributed by atoms with Crippen molar-refractivity contribution < 1.29 is 19.4 Å². The van der Waals surface area contributed by atoms with Gasteiger partial charge in [0.2, 0.25) is 0 Å². The van der Waals surface area contributed by atoms with Crippen LogP contribution in [-0.4, -0.2) is 45.4 Å². The Labute approximate surface area is 140 Å². The van der Waals surface area contributed by atoms with Crippen molar-refractivity contribution in [1.82, 2.24) is 15.3 Å². The standard InChI is InChI=1S/C10H11N2OP.C4H6NO3S.Fm/c1-7-2-3-9-8(4-7)5-11-10(12-9)13-6-14;1-9-3(4(7)8)5-2-6;/h2-5H,6,14H2,1H3;3H,1H3,(H,5,6)(H,7,8);/q;-1;. The molecule has 1 aromatic heterocycles. The first-order valence-corrected chi connectivity index (χ1v) is 8.56. The largest absolute Gasteiger partial charge is 0.520 e. The number of aryl methyl sites for hydroxylation is 1. The van der Waals surface area contributed by atoms with Crippen LogP contribution in [0, 0.1) is 6.92 Å². The Morgan fingerprint density at radius 3 is 2.75 bits per heavy atom. The van der Waals surface area contributed by atoms with Crippen molar-refractivity contribution in [1.29, 1.82) is 0 Å². The summed E-state index contributed by atoms with van der Waals surface area (Å²) >= 11 is 1.03. The third kappa shape index (κ3) is 6.46. The second kappa shape index (κ2) is 10.7. The van der Waals surface area contributed by atoms with E-state index in [1.54, 1.807) is 12.5 Å². The topological polar surface area (TPSA) is 101 Å². The summed E-state index contributed by atoms with van der Waals surface area (Å²) in [4.78, 5) is 28.0. The van der Waals surface area contributed by atoms with Gasteiger partial charge in [0.15, 0.2) is 0 Å². The molecule has 2 aromatic rings. The maximum Gasteiger partial charge on any atom is 0.334 e. The number of hydrogen-bond acceptors (Lipinski definition) is 6. The zero-order valence-electron chi connectivity index (χ0n) is 12.9. The van der Waals surface area contributed by atoms with Gasteiger partial charge >= 0.3 is 12.0 Å². The number of ether oxygens (including phenoxy) is 1. The molecule has 2 rings (SSSR count). The predicted octanol–water partition coefficient (Wildman–Crippen LogP) is 1.57. The van der Waals surface area contributed by atoms with Crippen LogP contribution < -0.4 is 10.1 Å². The maximum atomic E-state index is 10.1. The molecule has 136 valence electrons. The van der Waals surface area contributed by atoms with Gasteiger partial charge in [0.25, 0.3) is 0 Å². The van der Waals surface area contributed by atoms with Gasteiger partial charge in [0, 0.05) is 11.6 Å². The Morgan fingerprint density at radius 1 is 1.54 bits per heavy atom. The van der Waals surface area contributed by atoms with E-state index in [2.05, 4.69) is 25.3 Å². The molecule has 1 aromatic carbocycles. The van der Waals surface area contributed by atoms with Crippen LogP contribution in [0.1, 0.15) is 5.56 Å². The number of fused-ring (bicyclic) bond motifs is 1. The molecule has 0 saturated heterocycles. The second-order valence-electron chi connectivity index (χ2n) is 4.23. The van der Waals surface area contributed by atoms with E-state index >= 15 is 0 Å². The number of hydrogen-bond donors (Lipinski definition) is 2. The number of thioether (sulfide) groups is 1. The van der Waals surface area contributed by atoms with Gasteiger partial charge in [0.05, 0.1) is 5.52 Å². The van der Waals surface area contributed by atoms with Gasteiger partial charge < -0.3 is 20.0 Å². The Kier molecular flexibility index (Phi) is 9.44. The Morgan fingerprint density at radius 2 is 2.25 bits per heavy atom. The molecule has 0 radical (unpaired) electrons. The molecule has 7 nitrogen and oxygen atoms in total. The third-order valence-electron chi connectivity index (χ3n) is 2.58. The predicted molar refractivity (Wildman–Crippen MR) is 93.2 cm³/mol. The molecule has 1 heterocycles. The van der Waals surface area contributed by atoms with Crippen molar-refractivity contribution >= 4 is 44.3 Å². The van der Waals surface area contributed by atoms with Crippen molar-refractivity contribution in [3.05, 3.63) is 30.0 Å². The minimum absolute atomic E-state index is 0. The fourth-order valence-corrected chi connectivity index (χ4v) is 2.07. The summed E-state index contributed by atoms with van der Waals surface area (Å²) in [6, 6.07) is 6.48. The second-order valence-corrected chi connectivity index (χ2v) is 5.50. The molecular weight excluding hydrogens is 594 g/mol. The van der Waals surface area contributed by atoms with E-state index in [1.807, 2.05) is 24.4 Å². The average molecular weight is 611 g/mol. The summed E-state index contributed by atoms with van der Waals surface area (Å²) < 4.78 is 5.18. The first-order valence-electron chi connectivity index (χ1n) is 6.46. The minimum Gasteiger partial charge on any atom is -0.520 e. The fourth-order valence-electron chi connectivity index (χ4n) is 1.55. The number of amides is 1. The van der Waals surface area contributed by atoms with Gasteiger partial charge in [-0.2, -0.15) is 11.4 Å². The van der Waals surface area contributed by atoms with E-state index in [1.165, 1.54) is 12.0 Å². The molecule has 2 N–H and O–H groups in total. The monoisotopic (exact) mass is 611 g/mol. The summed E-state index contributed by atoms with van der Waals surface area (Å²) in [5.41, 5.74) is 2.12. The van der Waals surface area contributed by atoms with Crippen LogP contribution in [0.5, 0.6) is 6.01 Å². The van der Waals surface area contributed by atoms with E-state index in [4.69, 9.17) is 9.84 Å². The minimum atomic E-state index is -1.06. The molecule has 1 amide bonds. The van der Waals surface area contributed by atoms with Gasteiger partial charge in [0.1, 0.15) is 11.7 Å². The number of rotatable bonds is 6. The van der Waals surface area contributed by atoms with Crippen molar-refractivity contribution in [2.24, 2.45) is 0 Å². The molecule has 0 bridgehead atoms.